The molecule has 0 fully saturated rings. The number of aldehydes is 1. The van der Waals surface area contributed by atoms with Crippen molar-refractivity contribution in [3.05, 3.63) is 42.0 Å². The van der Waals surface area contributed by atoms with Crippen LogP contribution in [-0.2, 0) is 18.9 Å². The van der Waals surface area contributed by atoms with E-state index in [1.807, 2.05) is 6.07 Å². The van der Waals surface area contributed by atoms with Gasteiger partial charge in [0.2, 0.25) is 0 Å². The lowest BCUT2D eigenvalue weighted by atomic mass is 10.3. The summed E-state index contributed by atoms with van der Waals surface area (Å²) in [5, 5.41) is 2.63. The Morgan fingerprint density at radius 3 is 2.59 bits per heavy atom. The van der Waals surface area contributed by atoms with Crippen LogP contribution in [0.25, 0.3) is 0 Å². The fourth-order valence-corrected chi connectivity index (χ4v) is 3.19. The molecule has 0 aliphatic carbocycles. The van der Waals surface area contributed by atoms with E-state index >= 15 is 0 Å². The van der Waals surface area contributed by atoms with Crippen LogP contribution in [0.1, 0.15) is 13.3 Å². The van der Waals surface area contributed by atoms with Crippen LogP contribution in [0.3, 0.4) is 0 Å². The van der Waals surface area contributed by atoms with E-state index in [1.165, 1.54) is 7.11 Å². The second-order valence-corrected chi connectivity index (χ2v) is 6.86. The highest BCUT2D eigenvalue weighted by atomic mass is 31.2. The standard InChI is InChI=1S/C15H20NO5P/c1-13(12-17)7-6-10-22(19,16-11-15(18)20-2)21-14-8-4-3-5-9-14/h3-5,7-9,12H,6,10-11H2,1-2H3,(H,16,19)/b13-7+. The topological polar surface area (TPSA) is 81.7 Å². The minimum atomic E-state index is -3.29. The number of para-hydroxylation sites is 1. The summed E-state index contributed by atoms with van der Waals surface area (Å²) in [5.74, 6) is -0.0872. The van der Waals surface area contributed by atoms with Gasteiger partial charge in [0.25, 0.3) is 0 Å². The molecule has 120 valence electrons. The first-order valence-electron chi connectivity index (χ1n) is 6.76. The average molecular weight is 325 g/mol. The Balaban J connectivity index is 2.77. The molecule has 0 radical (unpaired) electrons. The van der Waals surface area contributed by atoms with E-state index in [-0.39, 0.29) is 12.7 Å². The number of ether oxygens (including phenoxy) is 1. The van der Waals surface area contributed by atoms with Gasteiger partial charge in [-0.3, -0.25) is 14.2 Å². The number of hydrogen-bond acceptors (Lipinski definition) is 5. The fraction of sp³-hybridized carbons (Fsp3) is 0.333. The fourth-order valence-electron chi connectivity index (χ4n) is 1.58. The number of carbonyl (C=O) groups excluding carboxylic acids is 2. The average Bonchev–Trinajstić information content (AvgIpc) is 2.53. The molecular weight excluding hydrogens is 305 g/mol. The number of esters is 1. The predicted molar refractivity (Wildman–Crippen MR) is 84.0 cm³/mol. The summed E-state index contributed by atoms with van der Waals surface area (Å²) in [5.41, 5.74) is 0.555. The van der Waals surface area contributed by atoms with E-state index in [2.05, 4.69) is 9.82 Å². The van der Waals surface area contributed by atoms with Crippen molar-refractivity contribution in [1.82, 2.24) is 5.09 Å². The van der Waals surface area contributed by atoms with E-state index in [0.29, 0.717) is 17.7 Å². The van der Waals surface area contributed by atoms with Crippen molar-refractivity contribution in [3.63, 3.8) is 0 Å². The van der Waals surface area contributed by atoms with Crippen LogP contribution in [0.2, 0.25) is 0 Å². The minimum absolute atomic E-state index is 0.157. The van der Waals surface area contributed by atoms with Gasteiger partial charge >= 0.3 is 13.5 Å². The van der Waals surface area contributed by atoms with Gasteiger partial charge in [-0.15, -0.1) is 0 Å². The summed E-state index contributed by atoms with van der Waals surface area (Å²) in [6.45, 7) is 1.45. The summed E-state index contributed by atoms with van der Waals surface area (Å²) in [4.78, 5) is 21.8. The maximum atomic E-state index is 12.8. The summed E-state index contributed by atoms with van der Waals surface area (Å²) in [7, 11) is -2.03. The van der Waals surface area contributed by atoms with Crippen molar-refractivity contribution in [2.24, 2.45) is 0 Å². The van der Waals surface area contributed by atoms with Crippen molar-refractivity contribution in [2.75, 3.05) is 19.8 Å². The lowest BCUT2D eigenvalue weighted by molar-refractivity contribution is -0.139. The minimum Gasteiger partial charge on any atom is -0.468 e. The summed E-state index contributed by atoms with van der Waals surface area (Å²) in [6, 6.07) is 8.70. The third-order valence-corrected chi connectivity index (χ3v) is 4.76. The second kappa shape index (κ2) is 9.18. The molecule has 22 heavy (non-hydrogen) atoms. The number of methoxy groups -OCH3 is 1. The number of carbonyl (C=O) groups is 2. The lowest BCUT2D eigenvalue weighted by Gasteiger charge is -2.19. The molecule has 7 heteroatoms. The van der Waals surface area contributed by atoms with E-state index in [1.54, 1.807) is 37.3 Å². The molecule has 0 heterocycles. The van der Waals surface area contributed by atoms with Crippen LogP contribution in [0.15, 0.2) is 42.0 Å². The molecule has 1 N–H and O–H groups in total. The molecule has 1 rings (SSSR count). The summed E-state index contributed by atoms with van der Waals surface area (Å²) >= 11 is 0. The van der Waals surface area contributed by atoms with Crippen LogP contribution in [0, 0.1) is 0 Å². The second-order valence-electron chi connectivity index (χ2n) is 4.57. The zero-order valence-electron chi connectivity index (χ0n) is 12.7. The molecule has 0 aliphatic rings. The van der Waals surface area contributed by atoms with E-state index in [9.17, 15) is 14.2 Å². The SMILES string of the molecule is COC(=O)CNP(=O)(CC/C=C(\C)C=O)Oc1ccccc1. The molecule has 0 bridgehead atoms. The smallest absolute Gasteiger partial charge is 0.320 e. The van der Waals surface area contributed by atoms with Crippen molar-refractivity contribution in [3.8, 4) is 5.75 Å². The van der Waals surface area contributed by atoms with Gasteiger partial charge in [-0.25, -0.2) is 5.09 Å². The number of rotatable bonds is 9. The van der Waals surface area contributed by atoms with Gasteiger partial charge in [-0.2, -0.15) is 0 Å². The van der Waals surface area contributed by atoms with Crippen molar-refractivity contribution >= 4 is 19.8 Å². The third kappa shape index (κ3) is 6.70. The summed E-state index contributed by atoms with van der Waals surface area (Å²) < 4.78 is 22.9. The molecule has 1 atom stereocenters. The highest BCUT2D eigenvalue weighted by Crippen LogP contribution is 2.43. The van der Waals surface area contributed by atoms with Gasteiger partial charge in [0.1, 0.15) is 18.6 Å². The van der Waals surface area contributed by atoms with Crippen LogP contribution < -0.4 is 9.61 Å². The normalized spacial score (nSPS) is 14.0. The quantitative estimate of drug-likeness (QED) is 0.325. The highest BCUT2D eigenvalue weighted by Gasteiger charge is 2.24. The Labute approximate surface area is 130 Å². The molecule has 1 aromatic rings. The Kier molecular flexibility index (Phi) is 7.57. The molecule has 0 aliphatic heterocycles. The maximum absolute atomic E-state index is 12.8. The Morgan fingerprint density at radius 1 is 1.32 bits per heavy atom. The zero-order chi connectivity index (χ0) is 16.4. The molecular formula is C15H20NO5P. The summed E-state index contributed by atoms with van der Waals surface area (Å²) in [6.07, 6.45) is 2.95. The highest BCUT2D eigenvalue weighted by molar-refractivity contribution is 7.57. The van der Waals surface area contributed by atoms with Gasteiger partial charge in [0, 0.05) is 0 Å². The molecule has 1 aromatic carbocycles. The van der Waals surface area contributed by atoms with Gasteiger partial charge in [0.15, 0.2) is 0 Å². The molecule has 0 saturated carbocycles. The molecule has 0 saturated heterocycles. The molecule has 1 unspecified atom stereocenters. The van der Waals surface area contributed by atoms with Crippen molar-refractivity contribution in [2.45, 2.75) is 13.3 Å². The van der Waals surface area contributed by atoms with Crippen LogP contribution in [0.4, 0.5) is 0 Å². The largest absolute Gasteiger partial charge is 0.468 e. The number of nitrogens with one attached hydrogen (secondary N) is 1. The van der Waals surface area contributed by atoms with Crippen LogP contribution in [0.5, 0.6) is 5.75 Å². The van der Waals surface area contributed by atoms with Gasteiger partial charge < -0.3 is 9.26 Å². The number of hydrogen-bond donors (Lipinski definition) is 1. The molecule has 0 spiro atoms. The van der Waals surface area contributed by atoms with E-state index < -0.39 is 13.5 Å². The third-order valence-electron chi connectivity index (χ3n) is 2.76. The number of allylic oxidation sites excluding steroid dienone is 2. The maximum Gasteiger partial charge on any atom is 0.320 e. The van der Waals surface area contributed by atoms with E-state index in [0.717, 1.165) is 6.29 Å². The lowest BCUT2D eigenvalue weighted by Crippen LogP contribution is -2.25. The van der Waals surface area contributed by atoms with Crippen LogP contribution >= 0.6 is 7.52 Å². The Morgan fingerprint density at radius 2 is 2.00 bits per heavy atom. The van der Waals surface area contributed by atoms with Gasteiger partial charge in [-0.05, 0) is 31.1 Å². The first-order valence-corrected chi connectivity index (χ1v) is 8.57. The Bertz CT molecular complexity index is 571. The number of benzene rings is 1. The zero-order valence-corrected chi connectivity index (χ0v) is 13.5. The van der Waals surface area contributed by atoms with Crippen molar-refractivity contribution in [1.29, 1.82) is 0 Å². The molecule has 6 nitrogen and oxygen atoms in total. The molecule has 0 aromatic heterocycles. The first kappa shape index (κ1) is 18.1. The van der Waals surface area contributed by atoms with Gasteiger partial charge in [0.05, 0.1) is 13.3 Å². The first-order chi connectivity index (χ1) is 10.5. The Hall–Kier alpha value is -1.91. The monoisotopic (exact) mass is 325 g/mol. The molecule has 0 amide bonds. The van der Waals surface area contributed by atoms with Crippen molar-refractivity contribution < 1.29 is 23.4 Å². The van der Waals surface area contributed by atoms with E-state index in [4.69, 9.17) is 4.52 Å². The van der Waals surface area contributed by atoms with Gasteiger partial charge in [-0.1, -0.05) is 24.3 Å². The predicted octanol–water partition coefficient (Wildman–Crippen LogP) is 2.56. The van der Waals surface area contributed by atoms with Crippen LogP contribution in [-0.4, -0.2) is 32.1 Å².